The molecule has 0 bridgehead atoms. The van der Waals surface area contributed by atoms with Crippen molar-refractivity contribution < 1.29 is 9.90 Å². The first-order valence-corrected chi connectivity index (χ1v) is 14.8. The van der Waals surface area contributed by atoms with E-state index in [0.29, 0.717) is 23.7 Å². The fourth-order valence-electron chi connectivity index (χ4n) is 6.14. The Morgan fingerprint density at radius 3 is 2.40 bits per heavy atom. The zero-order valence-electron chi connectivity index (χ0n) is 25.0. The van der Waals surface area contributed by atoms with Gasteiger partial charge in [-0.05, 0) is 102 Å². The molecule has 0 spiro atoms. The number of nitrogens with zero attached hydrogens (tertiary/aromatic N) is 6. The van der Waals surface area contributed by atoms with Gasteiger partial charge in [0.1, 0.15) is 5.52 Å². The third-order valence-corrected chi connectivity index (χ3v) is 8.73. The van der Waals surface area contributed by atoms with Crippen molar-refractivity contribution in [2.75, 3.05) is 11.9 Å². The van der Waals surface area contributed by atoms with Crippen LogP contribution in [0.15, 0.2) is 66.7 Å². The molecule has 0 saturated heterocycles. The van der Waals surface area contributed by atoms with Crippen molar-refractivity contribution in [3.63, 3.8) is 0 Å². The van der Waals surface area contributed by atoms with Crippen molar-refractivity contribution in [1.29, 1.82) is 5.26 Å². The first kappa shape index (κ1) is 29.3. The Morgan fingerprint density at radius 2 is 1.74 bits per heavy atom. The molecule has 0 aliphatic heterocycles. The van der Waals surface area contributed by atoms with E-state index in [1.165, 1.54) is 0 Å². The highest BCUT2D eigenvalue weighted by atomic mass is 16.4. The zero-order chi connectivity index (χ0) is 29.9. The minimum atomic E-state index is -0.900. The fourth-order valence-corrected chi connectivity index (χ4v) is 6.14. The second-order valence-electron chi connectivity index (χ2n) is 12.3. The number of amides is 1. The lowest BCUT2D eigenvalue weighted by molar-refractivity contribution is 0.0863. The van der Waals surface area contributed by atoms with Crippen LogP contribution in [0.1, 0.15) is 64.0 Å². The second kappa shape index (κ2) is 12.3. The maximum absolute atomic E-state index is 12.9. The van der Waals surface area contributed by atoms with E-state index in [2.05, 4.69) is 67.3 Å². The van der Waals surface area contributed by atoms with Crippen LogP contribution in [0.2, 0.25) is 0 Å². The Balaban J connectivity index is 1.38. The molecular formula is C34H40N6O2. The van der Waals surface area contributed by atoms with Gasteiger partial charge in [-0.3, -0.25) is 9.80 Å². The first-order valence-electron chi connectivity index (χ1n) is 14.8. The summed E-state index contributed by atoms with van der Waals surface area (Å²) in [6.07, 6.45) is 4.32. The zero-order valence-corrected chi connectivity index (χ0v) is 25.0. The van der Waals surface area contributed by atoms with Gasteiger partial charge in [0.2, 0.25) is 0 Å². The van der Waals surface area contributed by atoms with Gasteiger partial charge in [-0.15, -0.1) is 5.10 Å². The average molecular weight is 565 g/mol. The quantitative estimate of drug-likeness (QED) is 0.244. The molecule has 42 heavy (non-hydrogen) atoms. The summed E-state index contributed by atoms with van der Waals surface area (Å²) in [6, 6.07) is 24.3. The normalized spacial score (nSPS) is 17.3. The number of carboxylic acid groups (broad SMARTS) is 1. The average Bonchev–Trinajstić information content (AvgIpc) is 3.39. The van der Waals surface area contributed by atoms with Crippen LogP contribution in [0.4, 0.5) is 10.5 Å². The molecule has 1 amide bonds. The van der Waals surface area contributed by atoms with Crippen molar-refractivity contribution in [1.82, 2.24) is 19.9 Å². The summed E-state index contributed by atoms with van der Waals surface area (Å²) in [5.41, 5.74) is 6.06. The van der Waals surface area contributed by atoms with Crippen LogP contribution < -0.4 is 4.90 Å². The predicted octanol–water partition coefficient (Wildman–Crippen LogP) is 7.13. The van der Waals surface area contributed by atoms with Gasteiger partial charge in [-0.2, -0.15) is 5.26 Å². The third kappa shape index (κ3) is 6.32. The lowest BCUT2D eigenvalue weighted by Crippen LogP contribution is -2.50. The van der Waals surface area contributed by atoms with Crippen LogP contribution in [0.25, 0.3) is 22.2 Å². The summed E-state index contributed by atoms with van der Waals surface area (Å²) in [7, 11) is 2.18. The maximum atomic E-state index is 12.9. The highest BCUT2D eigenvalue weighted by Crippen LogP contribution is 2.37. The Hall–Kier alpha value is -4.22. The number of benzene rings is 3. The van der Waals surface area contributed by atoms with Crippen LogP contribution in [0.3, 0.4) is 0 Å². The molecule has 1 aliphatic carbocycles. The van der Waals surface area contributed by atoms with Gasteiger partial charge in [0.05, 0.1) is 22.8 Å². The van der Waals surface area contributed by atoms with Gasteiger partial charge in [-0.1, -0.05) is 47.7 Å². The summed E-state index contributed by atoms with van der Waals surface area (Å²) < 4.78 is 1.87. The van der Waals surface area contributed by atoms with Crippen LogP contribution in [-0.2, 0) is 13.0 Å². The minimum Gasteiger partial charge on any atom is -0.465 e. The van der Waals surface area contributed by atoms with E-state index in [9.17, 15) is 9.90 Å². The van der Waals surface area contributed by atoms with Crippen molar-refractivity contribution in [2.45, 2.75) is 83.5 Å². The molecule has 4 aromatic rings. The van der Waals surface area contributed by atoms with Gasteiger partial charge in [0.25, 0.3) is 0 Å². The third-order valence-electron chi connectivity index (χ3n) is 8.73. The second-order valence-corrected chi connectivity index (χ2v) is 12.3. The molecule has 218 valence electrons. The lowest BCUT2D eigenvalue weighted by atomic mass is 9.86. The van der Waals surface area contributed by atoms with E-state index in [1.54, 1.807) is 17.0 Å². The molecule has 0 radical (unpaired) electrons. The molecule has 1 fully saturated rings. The minimum absolute atomic E-state index is 0.0651. The summed E-state index contributed by atoms with van der Waals surface area (Å²) in [4.78, 5) is 17.0. The van der Waals surface area contributed by atoms with Gasteiger partial charge < -0.3 is 5.11 Å². The number of carbonyl (C=O) groups is 1. The number of aryl methyl sites for hydroxylation is 2. The van der Waals surface area contributed by atoms with Crippen LogP contribution in [0, 0.1) is 11.3 Å². The maximum Gasteiger partial charge on any atom is 0.412 e. The smallest absolute Gasteiger partial charge is 0.412 e. The van der Waals surface area contributed by atoms with E-state index in [0.717, 1.165) is 66.4 Å². The SMILES string of the molecule is CN(C1CCC(N(C(=O)O)c2cc(CCCn3nnc4cc(C#N)ccc43)ccc2-c2ccccc2)CC1)C(C)(C)C. The molecule has 0 atom stereocenters. The number of hydrogen-bond acceptors (Lipinski definition) is 5. The van der Waals surface area contributed by atoms with Crippen molar-refractivity contribution in [2.24, 2.45) is 0 Å². The predicted molar refractivity (Wildman–Crippen MR) is 167 cm³/mol. The van der Waals surface area contributed by atoms with E-state index < -0.39 is 6.09 Å². The molecule has 1 saturated carbocycles. The topological polar surface area (TPSA) is 98.3 Å². The van der Waals surface area contributed by atoms with Gasteiger partial charge in [0.15, 0.2) is 0 Å². The number of nitriles is 1. The Kier molecular flexibility index (Phi) is 8.60. The number of fused-ring (bicyclic) bond motifs is 1. The first-order chi connectivity index (χ1) is 20.2. The largest absolute Gasteiger partial charge is 0.465 e. The van der Waals surface area contributed by atoms with E-state index in [4.69, 9.17) is 5.26 Å². The van der Waals surface area contributed by atoms with Crippen LogP contribution >= 0.6 is 0 Å². The molecule has 1 N–H and O–H groups in total. The highest BCUT2D eigenvalue weighted by molar-refractivity contribution is 5.93. The van der Waals surface area contributed by atoms with Gasteiger partial charge in [0, 0.05) is 29.7 Å². The van der Waals surface area contributed by atoms with Crippen molar-refractivity contribution >= 4 is 22.8 Å². The summed E-state index contributed by atoms with van der Waals surface area (Å²) in [5.74, 6) is 0. The number of rotatable bonds is 8. The molecule has 1 heterocycles. The van der Waals surface area contributed by atoms with Gasteiger partial charge >= 0.3 is 6.09 Å². The van der Waals surface area contributed by atoms with Crippen molar-refractivity contribution in [3.05, 3.63) is 77.9 Å². The molecule has 1 aromatic heterocycles. The lowest BCUT2D eigenvalue weighted by Gasteiger charge is -2.44. The van der Waals surface area contributed by atoms with E-state index >= 15 is 0 Å². The van der Waals surface area contributed by atoms with Gasteiger partial charge in [-0.25, -0.2) is 9.48 Å². The van der Waals surface area contributed by atoms with Crippen LogP contribution in [-0.4, -0.2) is 55.8 Å². The highest BCUT2D eigenvalue weighted by Gasteiger charge is 2.34. The molecule has 3 aromatic carbocycles. The molecule has 0 unspecified atom stereocenters. The van der Waals surface area contributed by atoms with E-state index in [1.807, 2.05) is 41.1 Å². The fraction of sp³-hybridized carbons (Fsp3) is 0.412. The van der Waals surface area contributed by atoms with E-state index in [-0.39, 0.29) is 11.6 Å². The number of hydrogen-bond donors (Lipinski definition) is 1. The molecular weight excluding hydrogens is 524 g/mol. The molecule has 8 nitrogen and oxygen atoms in total. The van der Waals surface area contributed by atoms with Crippen LogP contribution in [0.5, 0.6) is 0 Å². The summed E-state index contributed by atoms with van der Waals surface area (Å²) in [5, 5.41) is 28.2. The summed E-state index contributed by atoms with van der Waals surface area (Å²) >= 11 is 0. The molecule has 5 rings (SSSR count). The molecule has 8 heteroatoms. The Labute approximate surface area is 248 Å². The molecule has 1 aliphatic rings. The number of anilines is 1. The summed E-state index contributed by atoms with van der Waals surface area (Å²) in [6.45, 7) is 7.37. The Bertz CT molecular complexity index is 1580. The number of aromatic nitrogens is 3. The Morgan fingerprint density at radius 1 is 1.02 bits per heavy atom. The monoisotopic (exact) mass is 564 g/mol. The standard InChI is InChI=1S/C34H40N6O2/c1-34(2,3)38(4)27-14-16-28(17-15-27)40(33(41)42)32-22-24(12-18-29(32)26-10-6-5-7-11-26)9-8-20-39-31-19-13-25(23-35)21-30(31)36-37-39/h5-7,10-13,18-19,21-22,27-28H,8-9,14-17,20H2,1-4H3,(H,41,42). The van der Waals surface area contributed by atoms with Crippen molar-refractivity contribution in [3.8, 4) is 17.2 Å².